The van der Waals surface area contributed by atoms with Gasteiger partial charge in [0.25, 0.3) is 0 Å². The Morgan fingerprint density at radius 1 is 1.44 bits per heavy atom. The third-order valence-electron chi connectivity index (χ3n) is 3.73. The minimum atomic E-state index is 0.280. The third-order valence-corrected chi connectivity index (χ3v) is 5.31. The van der Waals surface area contributed by atoms with E-state index in [-0.39, 0.29) is 5.91 Å². The molecular formula is C13H23NOS. The molecule has 2 rings (SSSR count). The predicted molar refractivity (Wildman–Crippen MR) is 69.6 cm³/mol. The summed E-state index contributed by atoms with van der Waals surface area (Å²) in [6, 6.07) is 0.497. The van der Waals surface area contributed by atoms with E-state index < -0.39 is 0 Å². The van der Waals surface area contributed by atoms with Gasteiger partial charge in [-0.05, 0) is 24.0 Å². The molecule has 0 unspecified atom stereocenters. The second kappa shape index (κ2) is 5.44. The number of hydrogen-bond acceptors (Lipinski definition) is 2. The van der Waals surface area contributed by atoms with Crippen molar-refractivity contribution in [2.75, 3.05) is 5.75 Å². The van der Waals surface area contributed by atoms with Crippen molar-refractivity contribution in [2.24, 2.45) is 11.8 Å². The van der Waals surface area contributed by atoms with Crippen molar-refractivity contribution in [1.82, 2.24) is 5.32 Å². The summed E-state index contributed by atoms with van der Waals surface area (Å²) < 4.78 is 0. The van der Waals surface area contributed by atoms with Gasteiger partial charge in [-0.3, -0.25) is 4.79 Å². The van der Waals surface area contributed by atoms with Gasteiger partial charge in [0.1, 0.15) is 0 Å². The molecule has 2 aliphatic rings. The van der Waals surface area contributed by atoms with Gasteiger partial charge in [0.05, 0.1) is 0 Å². The Hall–Kier alpha value is -0.180. The van der Waals surface area contributed by atoms with Gasteiger partial charge in [0.15, 0.2) is 0 Å². The van der Waals surface area contributed by atoms with Gasteiger partial charge < -0.3 is 5.32 Å². The van der Waals surface area contributed by atoms with Crippen LogP contribution in [0, 0.1) is 11.8 Å². The van der Waals surface area contributed by atoms with E-state index in [1.54, 1.807) is 0 Å². The highest BCUT2D eigenvalue weighted by Crippen LogP contribution is 2.39. The number of hydrogen-bond donors (Lipinski definition) is 1. The summed E-state index contributed by atoms with van der Waals surface area (Å²) in [7, 11) is 0. The van der Waals surface area contributed by atoms with Crippen LogP contribution in [0.15, 0.2) is 0 Å². The van der Waals surface area contributed by atoms with Crippen LogP contribution in [0.2, 0.25) is 0 Å². The zero-order valence-electron chi connectivity index (χ0n) is 10.4. The zero-order chi connectivity index (χ0) is 11.5. The maximum Gasteiger partial charge on any atom is 0.220 e. The van der Waals surface area contributed by atoms with Crippen LogP contribution in [-0.4, -0.2) is 23.0 Å². The van der Waals surface area contributed by atoms with Gasteiger partial charge in [-0.1, -0.05) is 33.1 Å². The van der Waals surface area contributed by atoms with E-state index in [1.807, 2.05) is 0 Å². The highest BCUT2D eigenvalue weighted by Gasteiger charge is 2.42. The maximum absolute atomic E-state index is 11.3. The molecule has 0 aromatic rings. The Morgan fingerprint density at radius 2 is 2.25 bits per heavy atom. The van der Waals surface area contributed by atoms with E-state index in [4.69, 9.17) is 0 Å². The summed E-state index contributed by atoms with van der Waals surface area (Å²) in [5, 5.41) is 3.85. The molecule has 2 saturated heterocycles. The van der Waals surface area contributed by atoms with Crippen molar-refractivity contribution in [2.45, 2.75) is 57.2 Å². The molecule has 0 aromatic heterocycles. The average molecular weight is 241 g/mol. The first kappa shape index (κ1) is 12.3. The van der Waals surface area contributed by atoms with Crippen LogP contribution in [0.5, 0.6) is 0 Å². The number of unbranched alkanes of at least 4 members (excludes halogenated alkanes) is 1. The van der Waals surface area contributed by atoms with Crippen LogP contribution in [0.4, 0.5) is 0 Å². The lowest BCUT2D eigenvalue weighted by atomic mass is 9.96. The summed E-state index contributed by atoms with van der Waals surface area (Å²) in [4.78, 5) is 11.3. The van der Waals surface area contributed by atoms with E-state index in [0.29, 0.717) is 17.2 Å². The first-order chi connectivity index (χ1) is 7.66. The molecule has 92 valence electrons. The predicted octanol–water partition coefficient (Wildman–Crippen LogP) is 2.82. The molecule has 0 aliphatic carbocycles. The lowest BCUT2D eigenvalue weighted by molar-refractivity contribution is -0.119. The fourth-order valence-electron chi connectivity index (χ4n) is 2.80. The van der Waals surface area contributed by atoms with Gasteiger partial charge >= 0.3 is 0 Å². The Balaban J connectivity index is 1.68. The summed E-state index contributed by atoms with van der Waals surface area (Å²) in [6.07, 6.45) is 6.09. The fourth-order valence-corrected chi connectivity index (χ4v) is 4.45. The van der Waals surface area contributed by atoms with Crippen LogP contribution >= 0.6 is 11.8 Å². The van der Waals surface area contributed by atoms with Gasteiger partial charge in [0.2, 0.25) is 5.91 Å². The molecule has 2 nitrogen and oxygen atoms in total. The van der Waals surface area contributed by atoms with Crippen LogP contribution < -0.4 is 5.32 Å². The monoisotopic (exact) mass is 241 g/mol. The highest BCUT2D eigenvalue weighted by molar-refractivity contribution is 8.00. The number of carbonyl (C=O) groups excluding carboxylic acids is 1. The van der Waals surface area contributed by atoms with Crippen molar-refractivity contribution in [3.63, 3.8) is 0 Å². The Kier molecular flexibility index (Phi) is 4.17. The van der Waals surface area contributed by atoms with E-state index in [1.165, 1.54) is 31.4 Å². The standard InChI is InChI=1S/C13H23NOS/c1-9(2)5-3-4-6-11-13-10(8-16-11)7-12(15)14-13/h9-11,13H,3-8H2,1-2H3,(H,14,15)/t10-,11-,13-/m0/s1. The molecule has 0 saturated carbocycles. The quantitative estimate of drug-likeness (QED) is 0.750. The van der Waals surface area contributed by atoms with Gasteiger partial charge in [-0.25, -0.2) is 0 Å². The van der Waals surface area contributed by atoms with Gasteiger partial charge in [-0.15, -0.1) is 0 Å². The average Bonchev–Trinajstić information content (AvgIpc) is 2.72. The molecular weight excluding hydrogens is 218 g/mol. The van der Waals surface area contributed by atoms with Crippen molar-refractivity contribution in [3.05, 3.63) is 0 Å². The molecule has 2 aliphatic heterocycles. The number of rotatable bonds is 5. The molecule has 0 aromatic carbocycles. The summed E-state index contributed by atoms with van der Waals surface area (Å²) in [5.74, 6) is 2.93. The third kappa shape index (κ3) is 2.93. The second-order valence-electron chi connectivity index (χ2n) is 5.61. The lowest BCUT2D eigenvalue weighted by Crippen LogP contribution is -2.34. The maximum atomic E-state index is 11.3. The molecule has 2 heterocycles. The fraction of sp³-hybridized carbons (Fsp3) is 0.923. The van der Waals surface area contributed by atoms with Crippen LogP contribution in [0.3, 0.4) is 0 Å². The summed E-state index contributed by atoms with van der Waals surface area (Å²) in [6.45, 7) is 4.58. The van der Waals surface area contributed by atoms with Crippen molar-refractivity contribution >= 4 is 17.7 Å². The van der Waals surface area contributed by atoms with Crippen molar-refractivity contribution < 1.29 is 4.79 Å². The first-order valence-electron chi connectivity index (χ1n) is 6.58. The van der Waals surface area contributed by atoms with Gasteiger partial charge in [-0.2, -0.15) is 11.8 Å². The molecule has 0 spiro atoms. The molecule has 0 radical (unpaired) electrons. The molecule has 16 heavy (non-hydrogen) atoms. The number of nitrogens with one attached hydrogen (secondary N) is 1. The summed E-state index contributed by atoms with van der Waals surface area (Å²) >= 11 is 2.08. The Bertz CT molecular complexity index is 254. The van der Waals surface area contributed by atoms with Gasteiger partial charge in [0, 0.05) is 17.7 Å². The number of carbonyl (C=O) groups is 1. The Morgan fingerprint density at radius 3 is 3.00 bits per heavy atom. The molecule has 1 amide bonds. The highest BCUT2D eigenvalue weighted by atomic mass is 32.2. The topological polar surface area (TPSA) is 29.1 Å². The van der Waals surface area contributed by atoms with Crippen LogP contribution in [-0.2, 0) is 4.79 Å². The summed E-state index contributed by atoms with van der Waals surface area (Å²) in [5.41, 5.74) is 0. The number of amides is 1. The number of thioether (sulfide) groups is 1. The second-order valence-corrected chi connectivity index (χ2v) is 6.88. The van der Waals surface area contributed by atoms with E-state index in [0.717, 1.165) is 12.3 Å². The smallest absolute Gasteiger partial charge is 0.220 e. The minimum Gasteiger partial charge on any atom is -0.352 e. The molecule has 1 N–H and O–H groups in total. The van der Waals surface area contributed by atoms with Crippen molar-refractivity contribution in [3.8, 4) is 0 Å². The Labute approximate surface area is 103 Å². The first-order valence-corrected chi connectivity index (χ1v) is 7.62. The van der Waals surface area contributed by atoms with E-state index in [9.17, 15) is 4.79 Å². The molecule has 3 atom stereocenters. The molecule has 0 bridgehead atoms. The minimum absolute atomic E-state index is 0.280. The zero-order valence-corrected chi connectivity index (χ0v) is 11.2. The van der Waals surface area contributed by atoms with E-state index in [2.05, 4.69) is 30.9 Å². The largest absolute Gasteiger partial charge is 0.352 e. The molecule has 2 fully saturated rings. The molecule has 3 heteroatoms. The SMILES string of the molecule is CC(C)CCCC[C@@H]1SC[C@@H]2CC(=O)N[C@@H]21. The van der Waals surface area contributed by atoms with Crippen LogP contribution in [0.25, 0.3) is 0 Å². The van der Waals surface area contributed by atoms with Crippen molar-refractivity contribution in [1.29, 1.82) is 0 Å². The van der Waals surface area contributed by atoms with E-state index >= 15 is 0 Å². The van der Waals surface area contributed by atoms with Crippen LogP contribution in [0.1, 0.15) is 46.0 Å². The lowest BCUT2D eigenvalue weighted by Gasteiger charge is -2.17. The normalized spacial score (nSPS) is 33.2. The number of fused-ring (bicyclic) bond motifs is 1.